The van der Waals surface area contributed by atoms with Gasteiger partial charge in [-0.2, -0.15) is 0 Å². The lowest BCUT2D eigenvalue weighted by atomic mass is 9.75. The molecule has 0 heterocycles. The summed E-state index contributed by atoms with van der Waals surface area (Å²) in [6, 6.07) is 7.82. The first kappa shape index (κ1) is 26.3. The maximum Gasteiger partial charge on any atom is 0.407 e. The van der Waals surface area contributed by atoms with Crippen molar-refractivity contribution in [1.29, 1.82) is 0 Å². The third-order valence-corrected chi connectivity index (χ3v) is 7.41. The van der Waals surface area contributed by atoms with E-state index in [1.165, 1.54) is 19.2 Å². The molecule has 1 aliphatic rings. The van der Waals surface area contributed by atoms with Crippen LogP contribution in [0.15, 0.2) is 35.7 Å². The first-order chi connectivity index (χ1) is 15.7. The highest BCUT2D eigenvalue weighted by Gasteiger charge is 2.33. The van der Waals surface area contributed by atoms with Gasteiger partial charge in [-0.3, -0.25) is 4.72 Å². The number of benzene rings is 2. The number of anilines is 1. The van der Waals surface area contributed by atoms with E-state index in [0.29, 0.717) is 34.0 Å². The van der Waals surface area contributed by atoms with Crippen molar-refractivity contribution in [1.82, 2.24) is 4.90 Å². The van der Waals surface area contributed by atoms with Crippen molar-refractivity contribution in [3.63, 3.8) is 0 Å². The Kier molecular flexibility index (Phi) is 7.54. The van der Waals surface area contributed by atoms with E-state index in [9.17, 15) is 26.7 Å². The molecule has 0 bridgehead atoms. The van der Waals surface area contributed by atoms with Crippen molar-refractivity contribution in [2.24, 2.45) is 5.14 Å². The van der Waals surface area contributed by atoms with Crippen molar-refractivity contribution in [3.8, 4) is 0 Å². The maximum atomic E-state index is 12.0. The van der Waals surface area contributed by atoms with Crippen molar-refractivity contribution in [3.05, 3.63) is 68.0 Å². The highest BCUT2D eigenvalue weighted by atomic mass is 35.5. The van der Waals surface area contributed by atoms with E-state index in [4.69, 9.17) is 28.3 Å². The Morgan fingerprint density at radius 3 is 2.35 bits per heavy atom. The average Bonchev–Trinajstić information content (AvgIpc) is 2.71. The topological polar surface area (TPSA) is 147 Å². The minimum Gasteiger partial charge on any atom is -0.465 e. The SMILES string of the molecule is CN(C(=O)O)[C@H]1CC[C@@H](c2ccc(Cl)c(Cl)c2)c2cc(C=CS(N)(=O)=O)c(NS(C)(=O)=O)cc21. The minimum atomic E-state index is -3.99. The van der Waals surface area contributed by atoms with E-state index in [0.717, 1.165) is 22.1 Å². The molecule has 3 rings (SSSR count). The predicted octanol–water partition coefficient (Wildman–Crippen LogP) is 4.20. The predicted molar refractivity (Wildman–Crippen MR) is 133 cm³/mol. The van der Waals surface area contributed by atoms with Gasteiger partial charge in [-0.15, -0.1) is 0 Å². The molecule has 0 aromatic heterocycles. The number of carboxylic acid groups (broad SMARTS) is 1. The van der Waals surface area contributed by atoms with Gasteiger partial charge < -0.3 is 10.0 Å². The van der Waals surface area contributed by atoms with Crippen LogP contribution in [0.4, 0.5) is 10.5 Å². The molecule has 2 atom stereocenters. The van der Waals surface area contributed by atoms with Crippen LogP contribution in [0.5, 0.6) is 0 Å². The van der Waals surface area contributed by atoms with E-state index in [1.807, 2.05) is 6.07 Å². The number of nitrogens with zero attached hydrogens (tertiary/aromatic N) is 1. The zero-order valence-corrected chi connectivity index (χ0v) is 21.3. The van der Waals surface area contributed by atoms with Crippen molar-refractivity contribution in [2.75, 3.05) is 18.0 Å². The molecule has 13 heteroatoms. The minimum absolute atomic E-state index is 0.0970. The molecule has 0 saturated carbocycles. The molecular formula is C21H23Cl2N3O6S2. The number of fused-ring (bicyclic) bond motifs is 1. The van der Waals surface area contributed by atoms with Crippen LogP contribution in [-0.2, 0) is 20.0 Å². The van der Waals surface area contributed by atoms with E-state index < -0.39 is 32.2 Å². The lowest BCUT2D eigenvalue weighted by Crippen LogP contribution is -2.33. The Labute approximate surface area is 208 Å². The highest BCUT2D eigenvalue weighted by molar-refractivity contribution is 7.92. The van der Waals surface area contributed by atoms with Gasteiger partial charge in [0.05, 0.1) is 28.0 Å². The fraction of sp³-hybridized carbons (Fsp3) is 0.286. The van der Waals surface area contributed by atoms with Crippen LogP contribution in [0.25, 0.3) is 6.08 Å². The van der Waals surface area contributed by atoms with Crippen LogP contribution in [-0.4, -0.2) is 46.2 Å². The summed E-state index contributed by atoms with van der Waals surface area (Å²) in [4.78, 5) is 12.9. The molecule has 2 aromatic carbocycles. The lowest BCUT2D eigenvalue weighted by molar-refractivity contribution is 0.132. The Hall–Kier alpha value is -2.31. The zero-order chi connectivity index (χ0) is 25.4. The molecule has 34 heavy (non-hydrogen) atoms. The molecule has 9 nitrogen and oxygen atoms in total. The second-order valence-corrected chi connectivity index (χ2v) is 12.1. The van der Waals surface area contributed by atoms with Crippen LogP contribution in [0.2, 0.25) is 10.0 Å². The first-order valence-electron chi connectivity index (χ1n) is 9.93. The van der Waals surface area contributed by atoms with E-state index >= 15 is 0 Å². The molecule has 0 fully saturated rings. The third-order valence-electron chi connectivity index (χ3n) is 5.57. The van der Waals surface area contributed by atoms with Crippen LogP contribution in [0.3, 0.4) is 0 Å². The van der Waals surface area contributed by atoms with Gasteiger partial charge in [-0.25, -0.2) is 26.8 Å². The number of carbonyl (C=O) groups is 1. The van der Waals surface area contributed by atoms with Crippen LogP contribution in [0.1, 0.15) is 47.1 Å². The molecule has 1 aliphatic carbocycles. The number of amides is 1. The molecule has 4 N–H and O–H groups in total. The molecule has 0 aliphatic heterocycles. The quantitative estimate of drug-likeness (QED) is 0.493. The Morgan fingerprint density at radius 2 is 1.79 bits per heavy atom. The fourth-order valence-corrected chi connectivity index (χ4v) is 5.30. The lowest BCUT2D eigenvalue weighted by Gasteiger charge is -2.36. The molecule has 0 saturated heterocycles. The van der Waals surface area contributed by atoms with Gasteiger partial charge in [0.15, 0.2) is 0 Å². The highest BCUT2D eigenvalue weighted by Crippen LogP contribution is 2.46. The second-order valence-electron chi connectivity index (χ2n) is 8.05. The number of hydrogen-bond acceptors (Lipinski definition) is 5. The third kappa shape index (κ3) is 6.22. The van der Waals surface area contributed by atoms with E-state index in [1.54, 1.807) is 18.2 Å². The number of nitrogens with two attached hydrogens (primary N) is 1. The van der Waals surface area contributed by atoms with Gasteiger partial charge >= 0.3 is 6.09 Å². The fourth-order valence-electron chi connectivity index (χ4n) is 4.08. The summed E-state index contributed by atoms with van der Waals surface area (Å²) in [6.45, 7) is 0. The zero-order valence-electron chi connectivity index (χ0n) is 18.2. The van der Waals surface area contributed by atoms with Gasteiger partial charge in [-0.05, 0) is 65.4 Å². The smallest absolute Gasteiger partial charge is 0.407 e. The first-order valence-corrected chi connectivity index (χ1v) is 14.2. The summed E-state index contributed by atoms with van der Waals surface area (Å²) in [7, 11) is -6.29. The standard InChI is InChI=1S/C21H23Cl2N3O6S2/c1-26(21(27)28)20-6-4-14(12-3-5-17(22)18(23)10-12)15-9-13(7-8-34(24,31)32)19(11-16(15)20)25-33(2,29)30/h3,5,7-11,14,20,25H,4,6H2,1-2H3,(H,27,28)(H2,24,31,32)/t14-,20-/m0/s1. The maximum absolute atomic E-state index is 12.0. The van der Waals surface area contributed by atoms with Crippen LogP contribution < -0.4 is 9.86 Å². The number of sulfonamides is 2. The van der Waals surface area contributed by atoms with Crippen molar-refractivity contribution in [2.45, 2.75) is 24.8 Å². The van der Waals surface area contributed by atoms with E-state index in [2.05, 4.69) is 4.72 Å². The second kappa shape index (κ2) is 9.74. The number of primary sulfonamides is 1. The van der Waals surface area contributed by atoms with Crippen molar-refractivity contribution >= 4 is 61.1 Å². The number of nitrogens with one attached hydrogen (secondary N) is 1. The van der Waals surface area contributed by atoms with Crippen molar-refractivity contribution < 1.29 is 26.7 Å². The van der Waals surface area contributed by atoms with Crippen LogP contribution >= 0.6 is 23.2 Å². The molecule has 0 unspecified atom stereocenters. The normalized spacial score (nSPS) is 18.5. The van der Waals surface area contributed by atoms with Crippen LogP contribution in [0, 0.1) is 0 Å². The Morgan fingerprint density at radius 1 is 1.12 bits per heavy atom. The van der Waals surface area contributed by atoms with Gasteiger partial charge in [0.1, 0.15) is 0 Å². The van der Waals surface area contributed by atoms with E-state index in [-0.39, 0.29) is 17.2 Å². The number of hydrogen-bond donors (Lipinski definition) is 3. The number of rotatable bonds is 6. The number of halogens is 2. The summed E-state index contributed by atoms with van der Waals surface area (Å²) < 4.78 is 49.4. The largest absolute Gasteiger partial charge is 0.465 e. The summed E-state index contributed by atoms with van der Waals surface area (Å²) >= 11 is 12.3. The van der Waals surface area contributed by atoms with Gasteiger partial charge in [-0.1, -0.05) is 29.3 Å². The van der Waals surface area contributed by atoms with Gasteiger partial charge in [0.2, 0.25) is 20.0 Å². The molecular weight excluding hydrogens is 525 g/mol. The molecule has 0 radical (unpaired) electrons. The average molecular weight is 548 g/mol. The molecule has 2 aromatic rings. The molecule has 1 amide bonds. The summed E-state index contributed by atoms with van der Waals surface area (Å²) in [5.41, 5.74) is 2.47. The van der Waals surface area contributed by atoms with Gasteiger partial charge in [0, 0.05) is 18.4 Å². The monoisotopic (exact) mass is 547 g/mol. The Bertz CT molecular complexity index is 1380. The molecule has 0 spiro atoms. The van der Waals surface area contributed by atoms with Gasteiger partial charge in [0.25, 0.3) is 0 Å². The Balaban J connectivity index is 2.28. The summed E-state index contributed by atoms with van der Waals surface area (Å²) in [5.74, 6) is -0.225. The summed E-state index contributed by atoms with van der Waals surface area (Å²) in [5, 5.41) is 16.2. The molecule has 184 valence electrons. The summed E-state index contributed by atoms with van der Waals surface area (Å²) in [6.07, 6.45) is 2.04.